The summed E-state index contributed by atoms with van der Waals surface area (Å²) < 4.78 is 1.69. The SMILES string of the molecule is Cc1nn(-c2ccccc2Cl)c2c1C(c1cccc(O)c1)SC(C)C(=O)N2. The molecule has 2 atom stereocenters. The van der Waals surface area contributed by atoms with E-state index in [0.29, 0.717) is 16.5 Å². The van der Waals surface area contributed by atoms with Crippen LogP contribution < -0.4 is 5.32 Å². The third-order valence-corrected chi connectivity index (χ3v) is 6.30. The average Bonchev–Trinajstić information content (AvgIpc) is 2.88. The van der Waals surface area contributed by atoms with E-state index in [1.165, 1.54) is 11.8 Å². The van der Waals surface area contributed by atoms with E-state index in [9.17, 15) is 9.90 Å². The van der Waals surface area contributed by atoms with Crippen molar-refractivity contribution < 1.29 is 9.90 Å². The first-order chi connectivity index (χ1) is 13.0. The molecule has 2 aromatic carbocycles. The predicted molar refractivity (Wildman–Crippen MR) is 109 cm³/mol. The summed E-state index contributed by atoms with van der Waals surface area (Å²) in [5.74, 6) is 0.731. The van der Waals surface area contributed by atoms with E-state index >= 15 is 0 Å². The number of thioether (sulfide) groups is 1. The van der Waals surface area contributed by atoms with Crippen LogP contribution in [0.5, 0.6) is 5.75 Å². The number of hydrogen-bond acceptors (Lipinski definition) is 4. The molecule has 138 valence electrons. The number of carbonyl (C=O) groups excluding carboxylic acids is 1. The van der Waals surface area contributed by atoms with Crippen molar-refractivity contribution >= 4 is 35.1 Å². The van der Waals surface area contributed by atoms with Gasteiger partial charge in [-0.05, 0) is 43.7 Å². The number of aryl methyl sites for hydroxylation is 1. The fourth-order valence-electron chi connectivity index (χ4n) is 3.26. The van der Waals surface area contributed by atoms with Crippen molar-refractivity contribution in [1.29, 1.82) is 0 Å². The van der Waals surface area contributed by atoms with Crippen LogP contribution in [0.1, 0.15) is 29.0 Å². The Morgan fingerprint density at radius 1 is 1.22 bits per heavy atom. The largest absolute Gasteiger partial charge is 0.508 e. The van der Waals surface area contributed by atoms with E-state index in [1.54, 1.807) is 22.9 Å². The Balaban J connectivity index is 1.94. The van der Waals surface area contributed by atoms with Gasteiger partial charge in [0.1, 0.15) is 11.6 Å². The van der Waals surface area contributed by atoms with Gasteiger partial charge in [-0.2, -0.15) is 5.10 Å². The second-order valence-corrected chi connectivity index (χ2v) is 8.31. The molecule has 0 spiro atoms. The van der Waals surface area contributed by atoms with Crippen LogP contribution >= 0.6 is 23.4 Å². The van der Waals surface area contributed by atoms with Crippen LogP contribution in [0.25, 0.3) is 5.69 Å². The van der Waals surface area contributed by atoms with E-state index in [1.807, 2.05) is 44.2 Å². The number of phenolic OH excluding ortho intramolecular Hbond substituents is 1. The number of aromatic nitrogens is 2. The first-order valence-corrected chi connectivity index (χ1v) is 9.87. The quantitative estimate of drug-likeness (QED) is 0.655. The van der Waals surface area contributed by atoms with Gasteiger partial charge in [-0.15, -0.1) is 11.8 Å². The maximum atomic E-state index is 12.6. The van der Waals surface area contributed by atoms with Crippen LogP contribution in [-0.2, 0) is 4.79 Å². The molecular formula is C20H18ClN3O2S. The molecule has 1 aliphatic rings. The molecule has 0 radical (unpaired) electrons. The molecule has 2 N–H and O–H groups in total. The van der Waals surface area contributed by atoms with Gasteiger partial charge in [0, 0.05) is 5.56 Å². The van der Waals surface area contributed by atoms with Gasteiger partial charge in [0.15, 0.2) is 0 Å². The third-order valence-electron chi connectivity index (χ3n) is 4.57. The van der Waals surface area contributed by atoms with Crippen molar-refractivity contribution in [3.63, 3.8) is 0 Å². The lowest BCUT2D eigenvalue weighted by molar-refractivity contribution is -0.115. The van der Waals surface area contributed by atoms with Crippen LogP contribution in [0.15, 0.2) is 48.5 Å². The molecule has 3 aromatic rings. The van der Waals surface area contributed by atoms with Gasteiger partial charge in [0.05, 0.1) is 26.9 Å². The summed E-state index contributed by atoms with van der Waals surface area (Å²) in [7, 11) is 0. The molecule has 1 aliphatic heterocycles. The zero-order chi connectivity index (χ0) is 19.1. The van der Waals surface area contributed by atoms with Gasteiger partial charge >= 0.3 is 0 Å². The highest BCUT2D eigenvalue weighted by Crippen LogP contribution is 2.46. The molecule has 0 saturated heterocycles. The summed E-state index contributed by atoms with van der Waals surface area (Å²) in [5, 5.41) is 17.8. The highest BCUT2D eigenvalue weighted by Gasteiger charge is 2.34. The minimum Gasteiger partial charge on any atom is -0.508 e. The van der Waals surface area contributed by atoms with Crippen molar-refractivity contribution in [3.05, 3.63) is 70.4 Å². The molecule has 7 heteroatoms. The average molecular weight is 400 g/mol. The number of rotatable bonds is 2. The molecule has 2 heterocycles. The lowest BCUT2D eigenvalue weighted by Crippen LogP contribution is -2.22. The number of carbonyl (C=O) groups is 1. The lowest BCUT2D eigenvalue weighted by Gasteiger charge is -2.17. The molecule has 4 rings (SSSR count). The second kappa shape index (κ2) is 6.94. The Kier molecular flexibility index (Phi) is 4.61. The number of benzene rings is 2. The monoisotopic (exact) mass is 399 g/mol. The Morgan fingerprint density at radius 2 is 2.00 bits per heavy atom. The summed E-state index contributed by atoms with van der Waals surface area (Å²) in [6.07, 6.45) is 0. The summed E-state index contributed by atoms with van der Waals surface area (Å²) in [5.41, 5.74) is 3.35. The van der Waals surface area contributed by atoms with E-state index in [-0.39, 0.29) is 22.2 Å². The van der Waals surface area contributed by atoms with Gasteiger partial charge in [-0.1, -0.05) is 35.9 Å². The van der Waals surface area contributed by atoms with Crippen LogP contribution in [0, 0.1) is 6.92 Å². The van der Waals surface area contributed by atoms with Crippen LogP contribution in [0.3, 0.4) is 0 Å². The molecular weight excluding hydrogens is 382 g/mol. The molecule has 0 aliphatic carbocycles. The molecule has 5 nitrogen and oxygen atoms in total. The Bertz CT molecular complexity index is 1030. The number of fused-ring (bicyclic) bond motifs is 1. The van der Waals surface area contributed by atoms with Crippen LogP contribution in [0.2, 0.25) is 5.02 Å². The number of phenols is 1. The Hall–Kier alpha value is -2.44. The number of nitrogens with zero attached hydrogens (tertiary/aromatic N) is 2. The summed E-state index contributed by atoms with van der Waals surface area (Å²) in [6.45, 7) is 3.80. The number of para-hydroxylation sites is 1. The van der Waals surface area contributed by atoms with E-state index < -0.39 is 0 Å². The van der Waals surface area contributed by atoms with Gasteiger partial charge < -0.3 is 10.4 Å². The minimum absolute atomic E-state index is 0.0860. The number of nitrogens with one attached hydrogen (secondary N) is 1. The molecule has 0 fully saturated rings. The summed E-state index contributed by atoms with van der Waals surface area (Å²) in [4.78, 5) is 12.6. The maximum Gasteiger partial charge on any atom is 0.238 e. The maximum absolute atomic E-state index is 12.6. The van der Waals surface area contributed by atoms with Gasteiger partial charge in [0.2, 0.25) is 5.91 Å². The normalized spacial score (nSPS) is 19.3. The van der Waals surface area contributed by atoms with Crippen molar-refractivity contribution in [1.82, 2.24) is 9.78 Å². The van der Waals surface area contributed by atoms with Crippen molar-refractivity contribution in [2.45, 2.75) is 24.3 Å². The Labute approximate surface area is 166 Å². The zero-order valence-electron chi connectivity index (χ0n) is 14.8. The molecule has 2 unspecified atom stereocenters. The highest BCUT2D eigenvalue weighted by atomic mass is 35.5. The third kappa shape index (κ3) is 3.19. The molecule has 1 amide bonds. The van der Waals surface area contributed by atoms with Crippen LogP contribution in [0.4, 0.5) is 5.82 Å². The number of aromatic hydroxyl groups is 1. The Morgan fingerprint density at radius 3 is 2.74 bits per heavy atom. The minimum atomic E-state index is -0.260. The zero-order valence-corrected chi connectivity index (χ0v) is 16.4. The van der Waals surface area contributed by atoms with E-state index in [2.05, 4.69) is 10.4 Å². The summed E-state index contributed by atoms with van der Waals surface area (Å²) >= 11 is 7.92. The fourth-order valence-corrected chi connectivity index (χ4v) is 4.79. The summed E-state index contributed by atoms with van der Waals surface area (Å²) in [6, 6.07) is 14.5. The van der Waals surface area contributed by atoms with Crippen molar-refractivity contribution in [2.24, 2.45) is 0 Å². The lowest BCUT2D eigenvalue weighted by atomic mass is 10.0. The van der Waals surface area contributed by atoms with Crippen LogP contribution in [-0.4, -0.2) is 26.0 Å². The smallest absolute Gasteiger partial charge is 0.238 e. The standard InChI is InChI=1S/C20H18ClN3O2S/c1-11-17-18(13-6-5-7-14(25)10-13)27-12(2)20(26)22-19(17)24(23-11)16-9-4-3-8-15(16)21/h3-10,12,18,25H,1-2H3,(H,22,26). The predicted octanol–water partition coefficient (Wildman–Crippen LogP) is 4.70. The second-order valence-electron chi connectivity index (χ2n) is 6.45. The molecule has 1 aromatic heterocycles. The first-order valence-electron chi connectivity index (χ1n) is 8.55. The topological polar surface area (TPSA) is 67.1 Å². The van der Waals surface area contributed by atoms with E-state index in [4.69, 9.17) is 11.6 Å². The molecule has 27 heavy (non-hydrogen) atoms. The fraction of sp³-hybridized carbons (Fsp3) is 0.200. The van der Waals surface area contributed by atoms with E-state index in [0.717, 1.165) is 16.8 Å². The first kappa shape index (κ1) is 17.9. The number of amides is 1. The number of halogens is 1. The molecule has 0 bridgehead atoms. The number of anilines is 1. The van der Waals surface area contributed by atoms with Gasteiger partial charge in [-0.3, -0.25) is 4.79 Å². The van der Waals surface area contributed by atoms with Gasteiger partial charge in [0.25, 0.3) is 0 Å². The molecule has 0 saturated carbocycles. The number of hydrogen-bond donors (Lipinski definition) is 2. The van der Waals surface area contributed by atoms with Crippen molar-refractivity contribution in [3.8, 4) is 11.4 Å². The highest BCUT2D eigenvalue weighted by molar-refractivity contribution is 8.01. The van der Waals surface area contributed by atoms with Crippen molar-refractivity contribution in [2.75, 3.05) is 5.32 Å². The van der Waals surface area contributed by atoms with Gasteiger partial charge in [-0.25, -0.2) is 4.68 Å².